The average molecular weight is 169 g/mol. The zero-order chi connectivity index (χ0) is 9.03. The average Bonchev–Trinajstić information content (AvgIpc) is 2.06. The van der Waals surface area contributed by atoms with E-state index in [1.807, 2.05) is 13.3 Å². The molecule has 0 saturated heterocycles. The highest BCUT2D eigenvalue weighted by molar-refractivity contribution is 5.05. The molecule has 0 aromatic heterocycles. The Balaban J connectivity index is 2.44. The number of rotatable bonds is 3. The fraction of sp³-hybridized carbons (Fsp3) is 0.800. The molecule has 0 saturated carbocycles. The van der Waals surface area contributed by atoms with E-state index in [0.29, 0.717) is 0 Å². The van der Waals surface area contributed by atoms with Crippen LogP contribution < -0.4 is 5.32 Å². The Labute approximate surface area is 75.0 Å². The van der Waals surface area contributed by atoms with Gasteiger partial charge in [0.25, 0.3) is 0 Å². The van der Waals surface area contributed by atoms with E-state index in [9.17, 15) is 0 Å². The van der Waals surface area contributed by atoms with Crippen LogP contribution >= 0.6 is 0 Å². The maximum Gasteiger partial charge on any atom is 0.0876 e. The molecular formula is C10H19NO. The Morgan fingerprint density at radius 2 is 2.33 bits per heavy atom. The van der Waals surface area contributed by atoms with Crippen LogP contribution in [0.4, 0.5) is 0 Å². The third-order valence-electron chi connectivity index (χ3n) is 2.36. The standard InChI is InChI=1S/C10H19NO/c1-10(2,11-3)7-9-5-4-6-12-8-9/h8,11H,4-7H2,1-3H3. The Kier molecular flexibility index (Phi) is 3.15. The highest BCUT2D eigenvalue weighted by Crippen LogP contribution is 2.21. The minimum Gasteiger partial charge on any atom is -0.501 e. The van der Waals surface area contributed by atoms with E-state index in [1.54, 1.807) is 0 Å². The van der Waals surface area contributed by atoms with Crippen molar-refractivity contribution in [2.75, 3.05) is 13.7 Å². The first-order valence-corrected chi connectivity index (χ1v) is 4.62. The van der Waals surface area contributed by atoms with Gasteiger partial charge in [0.2, 0.25) is 0 Å². The molecule has 0 unspecified atom stereocenters. The maximum absolute atomic E-state index is 5.28. The van der Waals surface area contributed by atoms with Crippen molar-refractivity contribution in [2.24, 2.45) is 0 Å². The van der Waals surface area contributed by atoms with Crippen molar-refractivity contribution in [1.82, 2.24) is 5.32 Å². The minimum absolute atomic E-state index is 0.201. The summed E-state index contributed by atoms with van der Waals surface area (Å²) in [6.45, 7) is 5.31. The van der Waals surface area contributed by atoms with Crippen molar-refractivity contribution < 1.29 is 4.74 Å². The Hall–Kier alpha value is -0.500. The molecule has 0 spiro atoms. The zero-order valence-corrected chi connectivity index (χ0v) is 8.31. The van der Waals surface area contributed by atoms with Crippen molar-refractivity contribution in [1.29, 1.82) is 0 Å². The molecule has 0 bridgehead atoms. The number of nitrogens with one attached hydrogen (secondary N) is 1. The molecule has 1 aliphatic rings. The molecule has 1 rings (SSSR count). The number of hydrogen-bond donors (Lipinski definition) is 1. The molecule has 0 aliphatic carbocycles. The smallest absolute Gasteiger partial charge is 0.0876 e. The molecule has 0 aromatic carbocycles. The van der Waals surface area contributed by atoms with Crippen molar-refractivity contribution in [3.05, 3.63) is 11.8 Å². The first-order valence-electron chi connectivity index (χ1n) is 4.62. The Morgan fingerprint density at radius 1 is 1.58 bits per heavy atom. The predicted molar refractivity (Wildman–Crippen MR) is 51.0 cm³/mol. The molecule has 0 amide bonds. The predicted octanol–water partition coefficient (Wildman–Crippen LogP) is 2.07. The van der Waals surface area contributed by atoms with Gasteiger partial charge in [-0.1, -0.05) is 0 Å². The monoisotopic (exact) mass is 169 g/mol. The number of ether oxygens (including phenoxy) is 1. The van der Waals surface area contributed by atoms with Crippen LogP contribution in [0, 0.1) is 0 Å². The van der Waals surface area contributed by atoms with E-state index in [0.717, 1.165) is 13.0 Å². The third kappa shape index (κ3) is 2.86. The molecule has 0 aromatic rings. The molecule has 12 heavy (non-hydrogen) atoms. The lowest BCUT2D eigenvalue weighted by molar-refractivity contribution is 0.219. The first-order chi connectivity index (χ1) is 5.64. The minimum atomic E-state index is 0.201. The van der Waals surface area contributed by atoms with Gasteiger partial charge < -0.3 is 10.1 Å². The topological polar surface area (TPSA) is 21.3 Å². The SMILES string of the molecule is CNC(C)(C)CC1=COCCC1. The zero-order valence-electron chi connectivity index (χ0n) is 8.31. The van der Waals surface area contributed by atoms with Gasteiger partial charge >= 0.3 is 0 Å². The summed E-state index contributed by atoms with van der Waals surface area (Å²) in [5.74, 6) is 0. The van der Waals surface area contributed by atoms with Crippen LogP contribution in [0.2, 0.25) is 0 Å². The summed E-state index contributed by atoms with van der Waals surface area (Å²) < 4.78 is 5.28. The third-order valence-corrected chi connectivity index (χ3v) is 2.36. The highest BCUT2D eigenvalue weighted by Gasteiger charge is 2.18. The van der Waals surface area contributed by atoms with Gasteiger partial charge in [-0.15, -0.1) is 0 Å². The van der Waals surface area contributed by atoms with Gasteiger partial charge in [-0.3, -0.25) is 0 Å². The second-order valence-electron chi connectivity index (χ2n) is 4.06. The summed E-state index contributed by atoms with van der Waals surface area (Å²) in [6, 6.07) is 0. The Bertz CT molecular complexity index is 173. The van der Waals surface area contributed by atoms with E-state index in [1.165, 1.54) is 18.4 Å². The second kappa shape index (κ2) is 3.94. The van der Waals surface area contributed by atoms with Crippen LogP contribution in [-0.4, -0.2) is 19.2 Å². The summed E-state index contributed by atoms with van der Waals surface area (Å²) in [5, 5.41) is 3.29. The molecular weight excluding hydrogens is 150 g/mol. The largest absolute Gasteiger partial charge is 0.501 e. The molecule has 1 heterocycles. The summed E-state index contributed by atoms with van der Waals surface area (Å²) in [4.78, 5) is 0. The van der Waals surface area contributed by atoms with Crippen LogP contribution in [-0.2, 0) is 4.74 Å². The Morgan fingerprint density at radius 3 is 2.83 bits per heavy atom. The summed E-state index contributed by atoms with van der Waals surface area (Å²) in [7, 11) is 2.00. The molecule has 2 nitrogen and oxygen atoms in total. The van der Waals surface area contributed by atoms with E-state index in [2.05, 4.69) is 19.2 Å². The lowest BCUT2D eigenvalue weighted by Gasteiger charge is -2.26. The van der Waals surface area contributed by atoms with Crippen molar-refractivity contribution in [3.8, 4) is 0 Å². The van der Waals surface area contributed by atoms with Crippen molar-refractivity contribution in [3.63, 3.8) is 0 Å². The van der Waals surface area contributed by atoms with Gasteiger partial charge in [0.05, 0.1) is 12.9 Å². The van der Waals surface area contributed by atoms with E-state index < -0.39 is 0 Å². The van der Waals surface area contributed by atoms with Gasteiger partial charge in [0.1, 0.15) is 0 Å². The molecule has 70 valence electrons. The van der Waals surface area contributed by atoms with Gasteiger partial charge in [0, 0.05) is 5.54 Å². The maximum atomic E-state index is 5.28. The summed E-state index contributed by atoms with van der Waals surface area (Å²) >= 11 is 0. The quantitative estimate of drug-likeness (QED) is 0.698. The molecule has 0 atom stereocenters. The van der Waals surface area contributed by atoms with Gasteiger partial charge in [0.15, 0.2) is 0 Å². The van der Waals surface area contributed by atoms with Crippen LogP contribution in [0.1, 0.15) is 33.1 Å². The fourth-order valence-corrected chi connectivity index (χ4v) is 1.40. The van der Waals surface area contributed by atoms with E-state index in [-0.39, 0.29) is 5.54 Å². The van der Waals surface area contributed by atoms with Gasteiger partial charge in [-0.25, -0.2) is 0 Å². The molecule has 0 fully saturated rings. The molecule has 1 aliphatic heterocycles. The van der Waals surface area contributed by atoms with Gasteiger partial charge in [-0.05, 0) is 45.7 Å². The summed E-state index contributed by atoms with van der Waals surface area (Å²) in [5.41, 5.74) is 1.63. The molecule has 0 radical (unpaired) electrons. The lowest BCUT2D eigenvalue weighted by Crippen LogP contribution is -2.36. The number of hydrogen-bond acceptors (Lipinski definition) is 2. The molecule has 2 heteroatoms. The van der Waals surface area contributed by atoms with Crippen molar-refractivity contribution >= 4 is 0 Å². The van der Waals surface area contributed by atoms with Crippen LogP contribution in [0.3, 0.4) is 0 Å². The fourth-order valence-electron chi connectivity index (χ4n) is 1.40. The molecule has 1 N–H and O–H groups in total. The normalized spacial score (nSPS) is 18.4. The van der Waals surface area contributed by atoms with Crippen LogP contribution in [0.25, 0.3) is 0 Å². The summed E-state index contributed by atoms with van der Waals surface area (Å²) in [6.07, 6.45) is 5.39. The highest BCUT2D eigenvalue weighted by atomic mass is 16.5. The van der Waals surface area contributed by atoms with E-state index >= 15 is 0 Å². The first kappa shape index (κ1) is 9.59. The van der Waals surface area contributed by atoms with Crippen LogP contribution in [0.5, 0.6) is 0 Å². The lowest BCUT2D eigenvalue weighted by atomic mass is 9.93. The van der Waals surface area contributed by atoms with Crippen LogP contribution in [0.15, 0.2) is 11.8 Å². The second-order valence-corrected chi connectivity index (χ2v) is 4.06. The van der Waals surface area contributed by atoms with Crippen molar-refractivity contribution in [2.45, 2.75) is 38.6 Å². The van der Waals surface area contributed by atoms with E-state index in [4.69, 9.17) is 4.74 Å². The van der Waals surface area contributed by atoms with Gasteiger partial charge in [-0.2, -0.15) is 0 Å².